The van der Waals surface area contributed by atoms with Crippen molar-refractivity contribution in [2.45, 2.75) is 19.9 Å². The van der Waals surface area contributed by atoms with Gasteiger partial charge in [-0.05, 0) is 24.6 Å². The maximum Gasteiger partial charge on any atom is 0.306 e. The van der Waals surface area contributed by atoms with Gasteiger partial charge in [0.1, 0.15) is 0 Å². The van der Waals surface area contributed by atoms with Crippen molar-refractivity contribution >= 4 is 16.0 Å². The highest BCUT2D eigenvalue weighted by Crippen LogP contribution is 2.04. The molecule has 0 unspecified atom stereocenters. The summed E-state index contributed by atoms with van der Waals surface area (Å²) in [6.45, 7) is 1.97. The first kappa shape index (κ1) is 16.1. The maximum atomic E-state index is 11.7. The molecule has 1 rings (SSSR count). The van der Waals surface area contributed by atoms with E-state index < -0.39 is 16.0 Å². The number of nitrogens with one attached hydrogen (secondary N) is 1. The summed E-state index contributed by atoms with van der Waals surface area (Å²) in [6.07, 6.45) is -0.179. The largest absolute Gasteiger partial charge is 0.466 e. The Morgan fingerprint density at radius 1 is 1.45 bits per heavy atom. The Kier molecular flexibility index (Phi) is 6.15. The monoisotopic (exact) mass is 296 g/mol. The molecule has 0 aromatic heterocycles. The van der Waals surface area contributed by atoms with Gasteiger partial charge in [-0.15, -0.1) is 0 Å². The van der Waals surface area contributed by atoms with Crippen LogP contribution in [0.5, 0.6) is 0 Å². The molecule has 1 aromatic carbocycles. The van der Waals surface area contributed by atoms with Crippen molar-refractivity contribution in [1.82, 2.24) is 4.72 Å². The smallest absolute Gasteiger partial charge is 0.306 e. The molecule has 108 valence electrons. The molecule has 0 saturated carbocycles. The van der Waals surface area contributed by atoms with E-state index in [-0.39, 0.29) is 25.3 Å². The van der Waals surface area contributed by atoms with Gasteiger partial charge in [0.25, 0.3) is 0 Å². The molecule has 0 aliphatic heterocycles. The third kappa shape index (κ3) is 5.82. The van der Waals surface area contributed by atoms with E-state index in [0.29, 0.717) is 11.1 Å². The second kappa shape index (κ2) is 7.62. The summed E-state index contributed by atoms with van der Waals surface area (Å²) in [6, 6.07) is 8.62. The van der Waals surface area contributed by atoms with Crippen molar-refractivity contribution in [2.75, 3.05) is 12.4 Å². The molecular weight excluding hydrogens is 280 g/mol. The lowest BCUT2D eigenvalue weighted by Gasteiger charge is -2.07. The average molecular weight is 296 g/mol. The second-order valence-corrected chi connectivity index (χ2v) is 5.93. The first-order valence-corrected chi connectivity index (χ1v) is 7.74. The summed E-state index contributed by atoms with van der Waals surface area (Å²) >= 11 is 0. The highest BCUT2D eigenvalue weighted by atomic mass is 32.2. The zero-order valence-corrected chi connectivity index (χ0v) is 11.9. The first-order chi connectivity index (χ1) is 9.46. The number of rotatable bonds is 7. The summed E-state index contributed by atoms with van der Waals surface area (Å²) in [7, 11) is -3.55. The quantitative estimate of drug-likeness (QED) is 0.755. The normalized spacial score (nSPS) is 10.8. The lowest BCUT2D eigenvalue weighted by atomic mass is 10.1. The molecule has 7 heteroatoms. The molecule has 0 saturated heterocycles. The molecule has 0 amide bonds. The van der Waals surface area contributed by atoms with Crippen molar-refractivity contribution in [3.63, 3.8) is 0 Å². The van der Waals surface area contributed by atoms with E-state index in [9.17, 15) is 13.2 Å². The van der Waals surface area contributed by atoms with Crippen LogP contribution >= 0.6 is 0 Å². The molecule has 0 bridgehead atoms. The molecule has 0 fully saturated rings. The summed E-state index contributed by atoms with van der Waals surface area (Å²) in [5, 5.41) is 8.75. The number of carbonyl (C=O) groups is 1. The Morgan fingerprint density at radius 2 is 2.20 bits per heavy atom. The standard InChI is InChI=1S/C13H16N2O4S/c1-2-19-13(16)6-7-20(17,18)15-10-12-5-3-4-11(8-12)9-14/h3-5,8,15H,2,6-7,10H2,1H3. The Hall–Kier alpha value is -1.91. The van der Waals surface area contributed by atoms with Gasteiger partial charge in [-0.2, -0.15) is 5.26 Å². The van der Waals surface area contributed by atoms with Crippen LogP contribution in [0.4, 0.5) is 0 Å². The Labute approximate surface area is 118 Å². The zero-order chi connectivity index (χ0) is 15.0. The summed E-state index contributed by atoms with van der Waals surface area (Å²) < 4.78 is 30.4. The van der Waals surface area contributed by atoms with Gasteiger partial charge < -0.3 is 4.74 Å². The number of benzene rings is 1. The molecule has 20 heavy (non-hydrogen) atoms. The SMILES string of the molecule is CCOC(=O)CCS(=O)(=O)NCc1cccc(C#N)c1. The minimum absolute atomic E-state index is 0.0840. The Balaban J connectivity index is 2.51. The summed E-state index contributed by atoms with van der Waals surface area (Å²) in [4.78, 5) is 11.1. The van der Waals surface area contributed by atoms with Crippen LogP contribution in [0.15, 0.2) is 24.3 Å². The topological polar surface area (TPSA) is 96.3 Å². The van der Waals surface area contributed by atoms with E-state index in [4.69, 9.17) is 5.26 Å². The van der Waals surface area contributed by atoms with E-state index in [0.717, 1.165) is 0 Å². The highest BCUT2D eigenvalue weighted by molar-refractivity contribution is 7.89. The van der Waals surface area contributed by atoms with Crippen LogP contribution in [0.1, 0.15) is 24.5 Å². The molecule has 0 atom stereocenters. The molecule has 0 radical (unpaired) electrons. The van der Waals surface area contributed by atoms with Crippen LogP contribution in [0, 0.1) is 11.3 Å². The lowest BCUT2D eigenvalue weighted by Crippen LogP contribution is -2.27. The number of nitriles is 1. The maximum absolute atomic E-state index is 11.7. The van der Waals surface area contributed by atoms with E-state index >= 15 is 0 Å². The van der Waals surface area contributed by atoms with Crippen molar-refractivity contribution in [3.05, 3.63) is 35.4 Å². The van der Waals surface area contributed by atoms with Crippen LogP contribution < -0.4 is 4.72 Å². The fourth-order valence-electron chi connectivity index (χ4n) is 1.47. The fraction of sp³-hybridized carbons (Fsp3) is 0.385. The molecule has 0 spiro atoms. The predicted octanol–water partition coefficient (Wildman–Crippen LogP) is 0.931. The highest BCUT2D eigenvalue weighted by Gasteiger charge is 2.13. The van der Waals surface area contributed by atoms with Gasteiger partial charge in [0.2, 0.25) is 10.0 Å². The third-order valence-electron chi connectivity index (χ3n) is 2.43. The van der Waals surface area contributed by atoms with Gasteiger partial charge in [-0.1, -0.05) is 12.1 Å². The zero-order valence-electron chi connectivity index (χ0n) is 11.1. The van der Waals surface area contributed by atoms with Gasteiger partial charge in [0.15, 0.2) is 0 Å². The summed E-state index contributed by atoms with van der Waals surface area (Å²) in [5.41, 5.74) is 1.15. The molecule has 0 heterocycles. The van der Waals surface area contributed by atoms with Crippen molar-refractivity contribution < 1.29 is 17.9 Å². The van der Waals surface area contributed by atoms with Crippen LogP contribution in [0.25, 0.3) is 0 Å². The van der Waals surface area contributed by atoms with Crippen molar-refractivity contribution in [2.24, 2.45) is 0 Å². The molecular formula is C13H16N2O4S. The Morgan fingerprint density at radius 3 is 2.85 bits per heavy atom. The summed E-state index contributed by atoms with van der Waals surface area (Å²) in [5.74, 6) is -0.853. The van der Waals surface area contributed by atoms with Gasteiger partial charge in [-0.25, -0.2) is 13.1 Å². The minimum atomic E-state index is -3.55. The molecule has 1 aromatic rings. The third-order valence-corrected chi connectivity index (χ3v) is 3.76. The number of esters is 1. The predicted molar refractivity (Wildman–Crippen MR) is 73.0 cm³/mol. The van der Waals surface area contributed by atoms with Gasteiger partial charge in [-0.3, -0.25) is 4.79 Å². The number of hydrogen-bond donors (Lipinski definition) is 1. The van der Waals surface area contributed by atoms with E-state index in [1.54, 1.807) is 31.2 Å². The van der Waals surface area contributed by atoms with E-state index in [2.05, 4.69) is 9.46 Å². The second-order valence-electron chi connectivity index (χ2n) is 4.01. The number of nitrogens with zero attached hydrogens (tertiary/aromatic N) is 1. The number of hydrogen-bond acceptors (Lipinski definition) is 5. The lowest BCUT2D eigenvalue weighted by molar-refractivity contribution is -0.142. The van der Waals surface area contributed by atoms with Crippen molar-refractivity contribution in [3.8, 4) is 6.07 Å². The van der Waals surface area contributed by atoms with Crippen molar-refractivity contribution in [1.29, 1.82) is 5.26 Å². The molecule has 0 aliphatic rings. The fourth-order valence-corrected chi connectivity index (χ4v) is 2.43. The Bertz CT molecular complexity index is 605. The number of sulfonamides is 1. The van der Waals surface area contributed by atoms with Crippen LogP contribution in [-0.2, 0) is 26.1 Å². The first-order valence-electron chi connectivity index (χ1n) is 6.09. The van der Waals surface area contributed by atoms with Gasteiger partial charge in [0, 0.05) is 6.54 Å². The number of ether oxygens (including phenoxy) is 1. The number of carbonyl (C=O) groups excluding carboxylic acids is 1. The van der Waals surface area contributed by atoms with Gasteiger partial charge >= 0.3 is 5.97 Å². The molecule has 0 aliphatic carbocycles. The van der Waals surface area contributed by atoms with Crippen LogP contribution in [-0.4, -0.2) is 26.7 Å². The van der Waals surface area contributed by atoms with E-state index in [1.807, 2.05) is 6.07 Å². The molecule has 1 N–H and O–H groups in total. The van der Waals surface area contributed by atoms with E-state index in [1.165, 1.54) is 0 Å². The van der Waals surface area contributed by atoms with Crippen LogP contribution in [0.3, 0.4) is 0 Å². The minimum Gasteiger partial charge on any atom is -0.466 e. The average Bonchev–Trinajstić information content (AvgIpc) is 2.44. The van der Waals surface area contributed by atoms with Crippen LogP contribution in [0.2, 0.25) is 0 Å². The van der Waals surface area contributed by atoms with Gasteiger partial charge in [0.05, 0.1) is 30.4 Å². The molecule has 6 nitrogen and oxygen atoms in total.